The second-order valence-corrected chi connectivity index (χ2v) is 5.89. The number of imidazole rings is 1. The van der Waals surface area contributed by atoms with Crippen LogP contribution in [0.5, 0.6) is 5.75 Å². The zero-order valence-corrected chi connectivity index (χ0v) is 13.9. The van der Waals surface area contributed by atoms with Crippen LogP contribution in [0.3, 0.4) is 0 Å². The van der Waals surface area contributed by atoms with Gasteiger partial charge in [0.15, 0.2) is 11.2 Å². The molecule has 1 fully saturated rings. The summed E-state index contributed by atoms with van der Waals surface area (Å²) in [7, 11) is 1.63. The highest BCUT2D eigenvalue weighted by Crippen LogP contribution is 2.16. The third-order valence-electron chi connectivity index (χ3n) is 4.27. The van der Waals surface area contributed by atoms with Crippen LogP contribution >= 0.6 is 0 Å². The first-order valence-electron chi connectivity index (χ1n) is 8.15. The maximum Gasteiger partial charge on any atom is 0.278 e. The van der Waals surface area contributed by atoms with Crippen LogP contribution in [-0.2, 0) is 11.3 Å². The van der Waals surface area contributed by atoms with Crippen molar-refractivity contribution in [3.8, 4) is 5.75 Å². The summed E-state index contributed by atoms with van der Waals surface area (Å²) in [5.74, 6) is 1.33. The maximum absolute atomic E-state index is 12.6. The van der Waals surface area contributed by atoms with Gasteiger partial charge in [0.1, 0.15) is 5.75 Å². The number of fused-ring (bicyclic) bond motifs is 1. The predicted molar refractivity (Wildman–Crippen MR) is 93.3 cm³/mol. The fraction of sp³-hybridized carbons (Fsp3) is 0.353. The Morgan fingerprint density at radius 2 is 2.16 bits per heavy atom. The van der Waals surface area contributed by atoms with Gasteiger partial charge < -0.3 is 18.9 Å². The topological polar surface area (TPSA) is 85.3 Å². The van der Waals surface area contributed by atoms with Crippen molar-refractivity contribution in [1.29, 1.82) is 0 Å². The lowest BCUT2D eigenvalue weighted by atomic mass is 10.2. The zero-order chi connectivity index (χ0) is 17.2. The van der Waals surface area contributed by atoms with Crippen molar-refractivity contribution < 1.29 is 9.47 Å². The number of aromatic amines is 1. The zero-order valence-electron chi connectivity index (χ0n) is 13.9. The Bertz CT molecular complexity index is 943. The molecule has 0 radical (unpaired) electrons. The fourth-order valence-electron chi connectivity index (χ4n) is 2.99. The summed E-state index contributed by atoms with van der Waals surface area (Å²) >= 11 is 0. The van der Waals surface area contributed by atoms with Crippen molar-refractivity contribution in [2.45, 2.75) is 6.54 Å². The molecule has 0 amide bonds. The number of anilines is 1. The van der Waals surface area contributed by atoms with Gasteiger partial charge in [-0.25, -0.2) is 4.98 Å². The average molecular weight is 341 g/mol. The van der Waals surface area contributed by atoms with Crippen LogP contribution in [0, 0.1) is 0 Å². The third-order valence-corrected chi connectivity index (χ3v) is 4.27. The second kappa shape index (κ2) is 6.56. The van der Waals surface area contributed by atoms with Crippen LogP contribution in [-0.4, -0.2) is 52.9 Å². The molecule has 1 N–H and O–H groups in total. The van der Waals surface area contributed by atoms with Crippen LogP contribution < -0.4 is 15.2 Å². The number of morpholine rings is 1. The molecule has 1 aliphatic heterocycles. The van der Waals surface area contributed by atoms with Crippen LogP contribution in [0.15, 0.2) is 35.4 Å². The molecule has 3 heterocycles. The molecule has 0 saturated carbocycles. The summed E-state index contributed by atoms with van der Waals surface area (Å²) < 4.78 is 12.4. The molecule has 0 aliphatic carbocycles. The van der Waals surface area contributed by atoms with Gasteiger partial charge in [0.05, 0.1) is 26.7 Å². The molecule has 8 nitrogen and oxygen atoms in total. The van der Waals surface area contributed by atoms with Crippen LogP contribution in [0.2, 0.25) is 0 Å². The normalized spacial score (nSPS) is 14.8. The van der Waals surface area contributed by atoms with Gasteiger partial charge in [-0.05, 0) is 17.7 Å². The Morgan fingerprint density at radius 1 is 1.32 bits per heavy atom. The van der Waals surface area contributed by atoms with Gasteiger partial charge in [0.25, 0.3) is 5.56 Å². The van der Waals surface area contributed by atoms with Crippen molar-refractivity contribution in [2.75, 3.05) is 38.3 Å². The number of nitrogens with zero attached hydrogens (tertiary/aromatic N) is 4. The minimum atomic E-state index is -0.188. The number of methoxy groups -OCH3 is 1. The van der Waals surface area contributed by atoms with Gasteiger partial charge in [0.2, 0.25) is 5.95 Å². The van der Waals surface area contributed by atoms with E-state index in [4.69, 9.17) is 9.47 Å². The lowest BCUT2D eigenvalue weighted by Gasteiger charge is -2.26. The Kier molecular flexibility index (Phi) is 4.10. The van der Waals surface area contributed by atoms with E-state index in [0.29, 0.717) is 50.0 Å². The van der Waals surface area contributed by atoms with Gasteiger partial charge in [-0.2, -0.15) is 4.98 Å². The molecular weight excluding hydrogens is 322 g/mol. The van der Waals surface area contributed by atoms with Crippen molar-refractivity contribution in [3.05, 3.63) is 46.5 Å². The molecule has 1 aromatic carbocycles. The Labute approximate surface area is 144 Å². The minimum Gasteiger partial charge on any atom is -0.497 e. The summed E-state index contributed by atoms with van der Waals surface area (Å²) in [6.07, 6.45) is 1.65. The van der Waals surface area contributed by atoms with Crippen LogP contribution in [0.1, 0.15) is 5.56 Å². The Morgan fingerprint density at radius 3 is 2.96 bits per heavy atom. The number of ether oxygens (including phenoxy) is 2. The Balaban J connectivity index is 1.68. The van der Waals surface area contributed by atoms with Crippen molar-refractivity contribution in [2.24, 2.45) is 0 Å². The largest absolute Gasteiger partial charge is 0.497 e. The number of nitrogens with one attached hydrogen (secondary N) is 1. The number of hydrogen-bond acceptors (Lipinski definition) is 6. The van der Waals surface area contributed by atoms with Gasteiger partial charge in [-0.3, -0.25) is 9.78 Å². The van der Waals surface area contributed by atoms with Gasteiger partial charge in [-0.15, -0.1) is 0 Å². The monoisotopic (exact) mass is 341 g/mol. The molecular formula is C17H19N5O3. The maximum atomic E-state index is 12.6. The van der Waals surface area contributed by atoms with E-state index in [2.05, 4.69) is 15.0 Å². The summed E-state index contributed by atoms with van der Waals surface area (Å²) in [5, 5.41) is 0. The van der Waals surface area contributed by atoms with Gasteiger partial charge >= 0.3 is 0 Å². The van der Waals surface area contributed by atoms with Crippen molar-refractivity contribution in [3.63, 3.8) is 0 Å². The molecule has 3 aromatic rings. The lowest BCUT2D eigenvalue weighted by Crippen LogP contribution is -2.38. The van der Waals surface area contributed by atoms with E-state index >= 15 is 0 Å². The van der Waals surface area contributed by atoms with Crippen LogP contribution in [0.4, 0.5) is 5.95 Å². The molecule has 1 saturated heterocycles. The first-order chi connectivity index (χ1) is 12.2. The summed E-state index contributed by atoms with van der Waals surface area (Å²) in [6, 6.07) is 7.73. The quantitative estimate of drug-likeness (QED) is 0.762. The smallest absolute Gasteiger partial charge is 0.278 e. The number of benzene rings is 1. The van der Waals surface area contributed by atoms with E-state index in [-0.39, 0.29) is 5.56 Å². The highest BCUT2D eigenvalue weighted by Gasteiger charge is 2.17. The molecule has 4 rings (SSSR count). The van der Waals surface area contributed by atoms with E-state index < -0.39 is 0 Å². The van der Waals surface area contributed by atoms with E-state index in [0.717, 1.165) is 11.3 Å². The number of H-pyrrole nitrogens is 1. The number of aromatic nitrogens is 4. The number of hydrogen-bond donors (Lipinski definition) is 1. The molecule has 8 heteroatoms. The fourth-order valence-corrected chi connectivity index (χ4v) is 2.99. The summed E-state index contributed by atoms with van der Waals surface area (Å²) in [6.45, 7) is 3.20. The van der Waals surface area contributed by atoms with Crippen LogP contribution in [0.25, 0.3) is 11.2 Å². The van der Waals surface area contributed by atoms with Gasteiger partial charge in [-0.1, -0.05) is 12.1 Å². The van der Waals surface area contributed by atoms with E-state index in [1.807, 2.05) is 29.2 Å². The van der Waals surface area contributed by atoms with E-state index in [1.54, 1.807) is 18.0 Å². The molecule has 0 bridgehead atoms. The molecule has 130 valence electrons. The summed E-state index contributed by atoms with van der Waals surface area (Å²) in [5.41, 5.74) is 1.76. The molecule has 2 aromatic heterocycles. The minimum absolute atomic E-state index is 0.188. The van der Waals surface area contributed by atoms with E-state index in [9.17, 15) is 4.79 Å². The molecule has 0 atom stereocenters. The SMILES string of the molecule is COc1cccc(Cn2cnc3nc(N4CCOCC4)[nH]c(=O)c32)c1. The molecule has 0 spiro atoms. The first-order valence-corrected chi connectivity index (χ1v) is 8.15. The third kappa shape index (κ3) is 3.08. The lowest BCUT2D eigenvalue weighted by molar-refractivity contribution is 0.122. The average Bonchev–Trinajstić information content (AvgIpc) is 3.06. The first kappa shape index (κ1) is 15.6. The highest BCUT2D eigenvalue weighted by molar-refractivity contribution is 5.71. The van der Waals surface area contributed by atoms with Crippen molar-refractivity contribution >= 4 is 17.1 Å². The Hall–Kier alpha value is -2.87. The van der Waals surface area contributed by atoms with Gasteiger partial charge in [0, 0.05) is 19.6 Å². The van der Waals surface area contributed by atoms with Crippen molar-refractivity contribution in [1.82, 2.24) is 19.5 Å². The van der Waals surface area contributed by atoms with E-state index in [1.165, 1.54) is 0 Å². The standard InChI is InChI=1S/C17H19N5O3/c1-24-13-4-2-3-12(9-13)10-22-11-18-15-14(22)16(23)20-17(19-15)21-5-7-25-8-6-21/h2-4,9,11H,5-8,10H2,1H3,(H,19,20,23). The predicted octanol–water partition coefficient (Wildman–Crippen LogP) is 1.01. The molecule has 0 unspecified atom stereocenters. The molecule has 1 aliphatic rings. The summed E-state index contributed by atoms with van der Waals surface area (Å²) in [4.78, 5) is 26.3. The molecule has 25 heavy (non-hydrogen) atoms. The highest BCUT2D eigenvalue weighted by atomic mass is 16.5. The second-order valence-electron chi connectivity index (χ2n) is 5.89. The number of rotatable bonds is 4.